The van der Waals surface area contributed by atoms with Crippen molar-refractivity contribution in [3.05, 3.63) is 65.2 Å². The van der Waals surface area contributed by atoms with Gasteiger partial charge in [0, 0.05) is 6.54 Å². The van der Waals surface area contributed by atoms with Gasteiger partial charge in [-0.3, -0.25) is 0 Å². The summed E-state index contributed by atoms with van der Waals surface area (Å²) in [6.07, 6.45) is 1.59. The minimum Gasteiger partial charge on any atom is -0.466 e. The number of hydrogen-bond acceptors (Lipinski definition) is 6. The smallest absolute Gasteiger partial charge is 0.335 e. The maximum atomic E-state index is 13.3. The Hall–Kier alpha value is -2.84. The molecule has 2 aliphatic heterocycles. The van der Waals surface area contributed by atoms with Crippen LogP contribution in [0.3, 0.4) is 0 Å². The molecule has 2 heterocycles. The topological polar surface area (TPSA) is 82.1 Å². The molecule has 0 fully saturated rings. The van der Waals surface area contributed by atoms with E-state index in [-0.39, 0.29) is 23.8 Å². The van der Waals surface area contributed by atoms with Crippen LogP contribution in [0, 0.1) is 6.92 Å². The average Bonchev–Trinajstić information content (AvgIpc) is 3.34. The molecular weight excluding hydrogens is 382 g/mol. The monoisotopic (exact) mass is 401 g/mol. The molecule has 0 N–H and O–H groups in total. The Labute approximate surface area is 163 Å². The van der Waals surface area contributed by atoms with Crippen molar-refractivity contribution in [3.8, 4) is 11.5 Å². The zero-order valence-corrected chi connectivity index (χ0v) is 16.2. The Bertz CT molecular complexity index is 1060. The zero-order valence-electron chi connectivity index (χ0n) is 15.4. The van der Waals surface area contributed by atoms with Gasteiger partial charge in [0.05, 0.1) is 23.6 Å². The molecule has 146 valence electrons. The van der Waals surface area contributed by atoms with Crippen molar-refractivity contribution in [1.82, 2.24) is 4.31 Å². The van der Waals surface area contributed by atoms with Gasteiger partial charge in [-0.15, -0.1) is 0 Å². The largest absolute Gasteiger partial charge is 0.466 e. The highest BCUT2D eigenvalue weighted by Crippen LogP contribution is 2.42. The van der Waals surface area contributed by atoms with E-state index < -0.39 is 22.0 Å². The number of benzene rings is 2. The quantitative estimate of drug-likeness (QED) is 0.733. The first-order valence-electron chi connectivity index (χ1n) is 8.68. The van der Waals surface area contributed by atoms with Crippen LogP contribution in [0.1, 0.15) is 17.2 Å². The molecule has 1 atom stereocenters. The van der Waals surface area contributed by atoms with Gasteiger partial charge in [0.15, 0.2) is 11.5 Å². The lowest BCUT2D eigenvalue weighted by atomic mass is 10.0. The number of methoxy groups -OCH3 is 1. The number of carbonyl (C=O) groups excluding carboxylic acids is 1. The fourth-order valence-electron chi connectivity index (χ4n) is 3.38. The number of nitrogens with zero attached hydrogens (tertiary/aromatic N) is 1. The number of sulfonamides is 1. The molecule has 0 saturated heterocycles. The van der Waals surface area contributed by atoms with Crippen LogP contribution in [0.5, 0.6) is 11.5 Å². The van der Waals surface area contributed by atoms with Gasteiger partial charge in [-0.05, 0) is 36.8 Å². The summed E-state index contributed by atoms with van der Waals surface area (Å²) in [4.78, 5) is 12.5. The Morgan fingerprint density at radius 1 is 1.11 bits per heavy atom. The molecule has 28 heavy (non-hydrogen) atoms. The third kappa shape index (κ3) is 3.04. The van der Waals surface area contributed by atoms with Gasteiger partial charge in [0.1, 0.15) is 0 Å². The van der Waals surface area contributed by atoms with E-state index >= 15 is 0 Å². The standard InChI is InChI=1S/C20H19NO6S/c1-13-3-6-15(7-4-13)28(23,24)21-10-9-16(20(22)25-2)19(21)14-5-8-17-18(11-14)27-12-26-17/h3-9,11,19H,10,12H2,1-2H3. The molecule has 0 radical (unpaired) electrons. The first kappa shape index (κ1) is 18.5. The molecule has 1 unspecified atom stereocenters. The number of esters is 1. The normalized spacial score (nSPS) is 18.8. The van der Waals surface area contributed by atoms with E-state index in [1.807, 2.05) is 6.92 Å². The summed E-state index contributed by atoms with van der Waals surface area (Å²) in [6.45, 7) is 2.06. The Morgan fingerprint density at radius 3 is 2.54 bits per heavy atom. The molecule has 0 aromatic heterocycles. The van der Waals surface area contributed by atoms with Crippen LogP contribution in [-0.2, 0) is 19.6 Å². The minimum atomic E-state index is -3.84. The fraction of sp³-hybridized carbons (Fsp3) is 0.250. The molecule has 4 rings (SSSR count). The van der Waals surface area contributed by atoms with Crippen molar-refractivity contribution in [2.24, 2.45) is 0 Å². The van der Waals surface area contributed by atoms with E-state index in [1.165, 1.54) is 11.4 Å². The van der Waals surface area contributed by atoms with Gasteiger partial charge in [-0.25, -0.2) is 13.2 Å². The van der Waals surface area contributed by atoms with Crippen LogP contribution in [0.25, 0.3) is 0 Å². The minimum absolute atomic E-state index is 0.0692. The number of carbonyl (C=O) groups is 1. The third-order valence-corrected chi connectivity index (χ3v) is 6.68. The van der Waals surface area contributed by atoms with E-state index in [9.17, 15) is 13.2 Å². The molecule has 7 nitrogen and oxygen atoms in total. The van der Waals surface area contributed by atoms with Gasteiger partial charge >= 0.3 is 5.97 Å². The molecule has 2 aromatic carbocycles. The second kappa shape index (κ2) is 6.96. The predicted octanol–water partition coefficient (Wildman–Crippen LogP) is 2.57. The van der Waals surface area contributed by atoms with E-state index in [4.69, 9.17) is 14.2 Å². The second-order valence-corrected chi connectivity index (χ2v) is 8.44. The molecule has 0 saturated carbocycles. The Balaban J connectivity index is 1.78. The molecule has 0 spiro atoms. The SMILES string of the molecule is COC(=O)C1=CCN(S(=O)(=O)c2ccc(C)cc2)C1c1ccc2c(c1)OCO2. The molecule has 0 bridgehead atoms. The van der Waals surface area contributed by atoms with Gasteiger partial charge < -0.3 is 14.2 Å². The summed E-state index contributed by atoms with van der Waals surface area (Å²) in [5.41, 5.74) is 1.84. The number of fused-ring (bicyclic) bond motifs is 1. The second-order valence-electron chi connectivity index (χ2n) is 6.55. The number of hydrogen-bond donors (Lipinski definition) is 0. The summed E-state index contributed by atoms with van der Waals surface area (Å²) in [6, 6.07) is 11.0. The highest BCUT2D eigenvalue weighted by molar-refractivity contribution is 7.89. The highest BCUT2D eigenvalue weighted by Gasteiger charge is 2.41. The van der Waals surface area contributed by atoms with Crippen LogP contribution in [0.2, 0.25) is 0 Å². The molecule has 0 aliphatic carbocycles. The number of ether oxygens (including phenoxy) is 3. The number of rotatable bonds is 4. The summed E-state index contributed by atoms with van der Waals surface area (Å²) < 4.78 is 43.5. The molecule has 0 amide bonds. The Morgan fingerprint density at radius 2 is 1.82 bits per heavy atom. The van der Waals surface area contributed by atoms with E-state index in [0.29, 0.717) is 17.1 Å². The summed E-state index contributed by atoms with van der Waals surface area (Å²) >= 11 is 0. The van der Waals surface area contributed by atoms with Crippen LogP contribution >= 0.6 is 0 Å². The maximum absolute atomic E-state index is 13.3. The van der Waals surface area contributed by atoms with Crippen molar-refractivity contribution in [2.45, 2.75) is 17.9 Å². The predicted molar refractivity (Wildman–Crippen MR) is 100 cm³/mol. The van der Waals surface area contributed by atoms with Crippen molar-refractivity contribution in [2.75, 3.05) is 20.4 Å². The maximum Gasteiger partial charge on any atom is 0.335 e. The van der Waals surface area contributed by atoms with Gasteiger partial charge in [0.2, 0.25) is 16.8 Å². The Kier molecular flexibility index (Phi) is 4.60. The zero-order chi connectivity index (χ0) is 19.9. The average molecular weight is 401 g/mol. The lowest BCUT2D eigenvalue weighted by molar-refractivity contribution is -0.136. The van der Waals surface area contributed by atoms with E-state index in [0.717, 1.165) is 5.56 Å². The number of aryl methyl sites for hydroxylation is 1. The van der Waals surface area contributed by atoms with E-state index in [1.54, 1.807) is 48.5 Å². The first-order valence-corrected chi connectivity index (χ1v) is 10.1. The summed E-state index contributed by atoms with van der Waals surface area (Å²) in [5.74, 6) is 0.531. The third-order valence-electron chi connectivity index (χ3n) is 4.83. The van der Waals surface area contributed by atoms with Crippen LogP contribution in [-0.4, -0.2) is 39.1 Å². The van der Waals surface area contributed by atoms with Crippen molar-refractivity contribution >= 4 is 16.0 Å². The van der Waals surface area contributed by atoms with Gasteiger partial charge in [-0.2, -0.15) is 4.31 Å². The lowest BCUT2D eigenvalue weighted by Crippen LogP contribution is -2.33. The van der Waals surface area contributed by atoms with Gasteiger partial charge in [-0.1, -0.05) is 29.8 Å². The van der Waals surface area contributed by atoms with Crippen LogP contribution in [0.15, 0.2) is 59.0 Å². The summed E-state index contributed by atoms with van der Waals surface area (Å²) in [7, 11) is -2.57. The van der Waals surface area contributed by atoms with Crippen LogP contribution < -0.4 is 9.47 Å². The fourth-order valence-corrected chi connectivity index (χ4v) is 4.92. The van der Waals surface area contributed by atoms with E-state index in [2.05, 4.69) is 0 Å². The molecular formula is C20H19NO6S. The van der Waals surface area contributed by atoms with Crippen LogP contribution in [0.4, 0.5) is 0 Å². The highest BCUT2D eigenvalue weighted by atomic mass is 32.2. The van der Waals surface area contributed by atoms with Crippen molar-refractivity contribution in [1.29, 1.82) is 0 Å². The summed E-state index contributed by atoms with van der Waals surface area (Å²) in [5, 5.41) is 0. The van der Waals surface area contributed by atoms with Gasteiger partial charge in [0.25, 0.3) is 0 Å². The first-order chi connectivity index (χ1) is 13.4. The van der Waals surface area contributed by atoms with Crippen molar-refractivity contribution in [3.63, 3.8) is 0 Å². The van der Waals surface area contributed by atoms with Crippen molar-refractivity contribution < 1.29 is 27.4 Å². The molecule has 8 heteroatoms. The molecule has 2 aliphatic rings. The lowest BCUT2D eigenvalue weighted by Gasteiger charge is -2.26. The molecule has 2 aromatic rings.